The maximum absolute atomic E-state index is 12.9. The Morgan fingerprint density at radius 1 is 1.16 bits per heavy atom. The number of hydrogen-bond donors (Lipinski definition) is 0. The minimum atomic E-state index is -4.20. The lowest BCUT2D eigenvalue weighted by Gasteiger charge is -2.18. The first-order valence-corrected chi connectivity index (χ1v) is 14.7. The Bertz CT molecular complexity index is 1370. The highest BCUT2D eigenvalue weighted by molar-refractivity contribution is 9.10. The fourth-order valence-electron chi connectivity index (χ4n) is 3.76. The van der Waals surface area contributed by atoms with Crippen LogP contribution in [-0.2, 0) is 19.7 Å². The molecule has 0 bridgehead atoms. The van der Waals surface area contributed by atoms with E-state index in [1.807, 2.05) is 0 Å². The van der Waals surface area contributed by atoms with Crippen LogP contribution in [0.2, 0.25) is 5.02 Å². The molecule has 2 heterocycles. The van der Waals surface area contributed by atoms with Crippen molar-refractivity contribution in [2.75, 3.05) is 26.2 Å². The van der Waals surface area contributed by atoms with Crippen molar-refractivity contribution in [1.29, 1.82) is 0 Å². The number of rotatable bonds is 8. The molecule has 196 valence electrons. The SMILES string of the molecule is CCOc1cc(/C=C2\SC(=O)N(CC(=O)N3CCCC3)C2=O)cc(Br)c1OS(=O)(=O)c1ccc(Cl)cc1. The molecule has 0 aromatic heterocycles. The van der Waals surface area contributed by atoms with Gasteiger partial charge in [0.15, 0.2) is 11.5 Å². The second-order valence-corrected chi connectivity index (χ2v) is 11.9. The molecule has 13 heteroatoms. The average molecular weight is 630 g/mol. The number of hydrogen-bond acceptors (Lipinski definition) is 8. The highest BCUT2D eigenvalue weighted by atomic mass is 79.9. The zero-order valence-electron chi connectivity index (χ0n) is 19.6. The normalized spacial score (nSPS) is 17.1. The van der Waals surface area contributed by atoms with Crippen molar-refractivity contribution in [2.45, 2.75) is 24.7 Å². The third-order valence-corrected chi connectivity index (χ3v) is 8.53. The van der Waals surface area contributed by atoms with Gasteiger partial charge in [0, 0.05) is 18.1 Å². The Hall–Kier alpha value is -2.54. The Morgan fingerprint density at radius 2 is 1.84 bits per heavy atom. The molecule has 2 aliphatic rings. The Balaban J connectivity index is 1.58. The molecule has 0 radical (unpaired) electrons. The number of imide groups is 1. The van der Waals surface area contributed by atoms with Crippen LogP contribution in [0.15, 0.2) is 50.7 Å². The van der Waals surface area contributed by atoms with E-state index in [-0.39, 0.29) is 44.8 Å². The van der Waals surface area contributed by atoms with Crippen LogP contribution < -0.4 is 8.92 Å². The summed E-state index contributed by atoms with van der Waals surface area (Å²) in [5, 5.41) is -0.147. The summed E-state index contributed by atoms with van der Waals surface area (Å²) in [4.78, 5) is 40.4. The molecule has 2 aromatic carbocycles. The van der Waals surface area contributed by atoms with Gasteiger partial charge in [0.2, 0.25) is 5.91 Å². The molecule has 4 rings (SSSR count). The molecule has 37 heavy (non-hydrogen) atoms. The summed E-state index contributed by atoms with van der Waals surface area (Å²) in [5.41, 5.74) is 0.461. The highest BCUT2D eigenvalue weighted by Crippen LogP contribution is 2.40. The predicted octanol–water partition coefficient (Wildman–Crippen LogP) is 4.93. The van der Waals surface area contributed by atoms with E-state index in [2.05, 4.69) is 15.9 Å². The van der Waals surface area contributed by atoms with Gasteiger partial charge >= 0.3 is 10.1 Å². The van der Waals surface area contributed by atoms with Crippen molar-refractivity contribution < 1.29 is 31.7 Å². The van der Waals surface area contributed by atoms with E-state index in [4.69, 9.17) is 20.5 Å². The molecule has 0 unspecified atom stereocenters. The van der Waals surface area contributed by atoms with Gasteiger partial charge in [0.1, 0.15) is 11.4 Å². The third-order valence-electron chi connectivity index (χ3n) is 5.55. The summed E-state index contributed by atoms with van der Waals surface area (Å²) < 4.78 is 36.9. The minimum absolute atomic E-state index is 0.0711. The minimum Gasteiger partial charge on any atom is -0.490 e. The third kappa shape index (κ3) is 6.31. The molecular formula is C24H22BrClN2O7S2. The summed E-state index contributed by atoms with van der Waals surface area (Å²) in [7, 11) is -4.20. The number of carbonyl (C=O) groups is 3. The number of halogens is 2. The molecule has 0 aliphatic carbocycles. The van der Waals surface area contributed by atoms with E-state index in [0.29, 0.717) is 23.7 Å². The van der Waals surface area contributed by atoms with Crippen LogP contribution in [-0.4, -0.2) is 61.5 Å². The number of likely N-dealkylation sites (tertiary alicyclic amines) is 1. The summed E-state index contributed by atoms with van der Waals surface area (Å²) >= 11 is 9.90. The molecule has 3 amide bonds. The number of thioether (sulfide) groups is 1. The standard InChI is InChI=1S/C24H22BrClN2O7S2/c1-2-34-19-12-15(11-18(25)22(19)35-37(32,33)17-7-5-16(26)6-8-17)13-20-23(30)28(24(31)36-20)14-21(29)27-9-3-4-10-27/h5-8,11-13H,2-4,9-10,14H2,1H3/b20-13-. The number of amides is 3. The van der Waals surface area contributed by atoms with Gasteiger partial charge in [0.25, 0.3) is 11.1 Å². The number of carbonyl (C=O) groups excluding carboxylic acids is 3. The average Bonchev–Trinajstić information content (AvgIpc) is 3.47. The van der Waals surface area contributed by atoms with Crippen LogP contribution in [0.4, 0.5) is 4.79 Å². The number of nitrogens with zero attached hydrogens (tertiary/aromatic N) is 2. The van der Waals surface area contributed by atoms with E-state index in [0.717, 1.165) is 29.5 Å². The molecule has 2 fully saturated rings. The number of ether oxygens (including phenoxy) is 1. The van der Waals surface area contributed by atoms with Gasteiger partial charge in [-0.3, -0.25) is 19.3 Å². The lowest BCUT2D eigenvalue weighted by Crippen LogP contribution is -2.40. The van der Waals surface area contributed by atoms with Gasteiger partial charge in [-0.05, 0) is 95.5 Å². The van der Waals surface area contributed by atoms with Crippen LogP contribution in [0.3, 0.4) is 0 Å². The van der Waals surface area contributed by atoms with Crippen LogP contribution in [0.1, 0.15) is 25.3 Å². The maximum Gasteiger partial charge on any atom is 0.339 e. The van der Waals surface area contributed by atoms with Crippen LogP contribution in [0, 0.1) is 0 Å². The Kier molecular flexibility index (Phi) is 8.52. The molecule has 0 spiro atoms. The first-order valence-electron chi connectivity index (χ1n) is 11.3. The molecule has 2 saturated heterocycles. The van der Waals surface area contributed by atoms with Crippen molar-refractivity contribution in [3.63, 3.8) is 0 Å². The fraction of sp³-hybridized carbons (Fsp3) is 0.292. The second-order valence-electron chi connectivity index (χ2n) is 8.11. The molecule has 0 N–H and O–H groups in total. The lowest BCUT2D eigenvalue weighted by molar-refractivity contribution is -0.135. The molecular weight excluding hydrogens is 608 g/mol. The van der Waals surface area contributed by atoms with Gasteiger partial charge in [-0.25, -0.2) is 0 Å². The molecule has 9 nitrogen and oxygen atoms in total. The molecule has 2 aliphatic heterocycles. The van der Waals surface area contributed by atoms with E-state index in [1.54, 1.807) is 17.9 Å². The first kappa shape index (κ1) is 27.5. The quantitative estimate of drug-likeness (QED) is 0.299. The smallest absolute Gasteiger partial charge is 0.339 e. The molecule has 0 atom stereocenters. The summed E-state index contributed by atoms with van der Waals surface area (Å²) in [5.74, 6) is -0.782. The van der Waals surface area contributed by atoms with E-state index < -0.39 is 21.3 Å². The van der Waals surface area contributed by atoms with Crippen molar-refractivity contribution in [2.24, 2.45) is 0 Å². The van der Waals surface area contributed by atoms with Gasteiger partial charge in [-0.1, -0.05) is 11.6 Å². The number of benzene rings is 2. The van der Waals surface area contributed by atoms with E-state index in [1.165, 1.54) is 36.4 Å². The molecule has 2 aromatic rings. The van der Waals surface area contributed by atoms with Crippen LogP contribution >= 0.6 is 39.3 Å². The molecule has 0 saturated carbocycles. The highest BCUT2D eigenvalue weighted by Gasteiger charge is 2.37. The second kappa shape index (κ2) is 11.5. The summed E-state index contributed by atoms with van der Waals surface area (Å²) in [6, 6.07) is 8.56. The van der Waals surface area contributed by atoms with Crippen molar-refractivity contribution in [1.82, 2.24) is 9.80 Å². The van der Waals surface area contributed by atoms with E-state index >= 15 is 0 Å². The van der Waals surface area contributed by atoms with Crippen molar-refractivity contribution in [3.05, 3.63) is 56.4 Å². The van der Waals surface area contributed by atoms with Crippen molar-refractivity contribution >= 4 is 72.5 Å². The summed E-state index contributed by atoms with van der Waals surface area (Å²) in [6.07, 6.45) is 3.30. The Morgan fingerprint density at radius 3 is 2.49 bits per heavy atom. The van der Waals surface area contributed by atoms with Gasteiger partial charge < -0.3 is 13.8 Å². The zero-order valence-corrected chi connectivity index (χ0v) is 23.6. The van der Waals surface area contributed by atoms with E-state index in [9.17, 15) is 22.8 Å². The van der Waals surface area contributed by atoms with Gasteiger partial charge in [-0.2, -0.15) is 8.42 Å². The van der Waals surface area contributed by atoms with Crippen LogP contribution in [0.25, 0.3) is 6.08 Å². The monoisotopic (exact) mass is 628 g/mol. The fourth-order valence-corrected chi connectivity index (χ4v) is 6.33. The predicted molar refractivity (Wildman–Crippen MR) is 143 cm³/mol. The van der Waals surface area contributed by atoms with Gasteiger partial charge in [0.05, 0.1) is 16.0 Å². The van der Waals surface area contributed by atoms with Gasteiger partial charge in [-0.15, -0.1) is 0 Å². The largest absolute Gasteiger partial charge is 0.490 e. The zero-order chi connectivity index (χ0) is 26.7. The lowest BCUT2D eigenvalue weighted by atomic mass is 10.2. The topological polar surface area (TPSA) is 110 Å². The maximum atomic E-state index is 12.9. The summed E-state index contributed by atoms with van der Waals surface area (Å²) in [6.45, 7) is 2.89. The van der Waals surface area contributed by atoms with Crippen LogP contribution in [0.5, 0.6) is 11.5 Å². The van der Waals surface area contributed by atoms with Crippen molar-refractivity contribution in [3.8, 4) is 11.5 Å². The first-order chi connectivity index (χ1) is 17.6. The Labute approximate surface area is 232 Å².